The van der Waals surface area contributed by atoms with Gasteiger partial charge in [0.1, 0.15) is 0 Å². The molecule has 1 rings (SSSR count). The molecular weight excluding hydrogens is 244 g/mol. The van der Waals surface area contributed by atoms with Crippen LogP contribution in [0.4, 0.5) is 0 Å². The zero-order valence-electron chi connectivity index (χ0n) is 14.7. The minimum absolute atomic E-state index is 0.412. The molecule has 2 heteroatoms. The normalized spacial score (nSPS) is 21.3. The molecule has 0 amide bonds. The van der Waals surface area contributed by atoms with Gasteiger partial charge >= 0.3 is 0 Å². The van der Waals surface area contributed by atoms with Crippen molar-refractivity contribution in [2.24, 2.45) is 5.92 Å². The summed E-state index contributed by atoms with van der Waals surface area (Å²) in [4.78, 5) is 2.53. The molecule has 0 bridgehead atoms. The van der Waals surface area contributed by atoms with E-state index in [9.17, 15) is 0 Å². The molecule has 20 heavy (non-hydrogen) atoms. The predicted octanol–water partition coefficient (Wildman–Crippen LogP) is 4.45. The van der Waals surface area contributed by atoms with Crippen LogP contribution in [-0.2, 0) is 0 Å². The van der Waals surface area contributed by atoms with Crippen molar-refractivity contribution < 1.29 is 0 Å². The maximum atomic E-state index is 3.85. The second kappa shape index (κ2) is 9.04. The van der Waals surface area contributed by atoms with E-state index in [1.165, 1.54) is 57.8 Å². The summed E-state index contributed by atoms with van der Waals surface area (Å²) in [5.74, 6) is 0.899. The maximum absolute atomic E-state index is 3.85. The lowest BCUT2D eigenvalue weighted by Gasteiger charge is -2.45. The molecule has 0 aromatic carbocycles. The number of hydrogen-bond acceptors (Lipinski definition) is 2. The summed E-state index contributed by atoms with van der Waals surface area (Å²) in [5.41, 5.74) is 0.412. The number of hydrogen-bond donors (Lipinski definition) is 1. The lowest BCUT2D eigenvalue weighted by Crippen LogP contribution is -2.58. The highest BCUT2D eigenvalue weighted by Gasteiger charge is 2.43. The van der Waals surface area contributed by atoms with Crippen LogP contribution in [0, 0.1) is 5.92 Å². The lowest BCUT2D eigenvalue weighted by atomic mass is 9.79. The molecule has 1 N–H and O–H groups in total. The van der Waals surface area contributed by atoms with E-state index >= 15 is 0 Å². The van der Waals surface area contributed by atoms with E-state index in [0.29, 0.717) is 11.6 Å². The van der Waals surface area contributed by atoms with Gasteiger partial charge in [0.15, 0.2) is 0 Å². The van der Waals surface area contributed by atoms with Crippen LogP contribution in [-0.4, -0.2) is 37.1 Å². The third-order valence-electron chi connectivity index (χ3n) is 5.57. The monoisotopic (exact) mass is 282 g/mol. The van der Waals surface area contributed by atoms with Crippen LogP contribution in [0.5, 0.6) is 0 Å². The van der Waals surface area contributed by atoms with Crippen molar-refractivity contribution in [3.8, 4) is 0 Å². The van der Waals surface area contributed by atoms with Crippen molar-refractivity contribution in [3.63, 3.8) is 0 Å². The molecule has 2 nitrogen and oxygen atoms in total. The highest BCUT2D eigenvalue weighted by Crippen LogP contribution is 2.39. The standard InChI is InChI=1S/C18H38N2/c1-6-9-12-16(7-2)15-17(19-8-3)18(20(4)5)13-10-11-14-18/h16-17,19H,6-15H2,1-5H3. The zero-order chi connectivity index (χ0) is 15.0. The van der Waals surface area contributed by atoms with E-state index in [4.69, 9.17) is 0 Å². The first-order chi connectivity index (χ1) is 9.60. The molecule has 2 unspecified atom stereocenters. The van der Waals surface area contributed by atoms with Crippen LogP contribution in [0.2, 0.25) is 0 Å². The Balaban J connectivity index is 2.75. The molecule has 2 atom stereocenters. The largest absolute Gasteiger partial charge is 0.312 e. The van der Waals surface area contributed by atoms with Gasteiger partial charge in [-0.3, -0.25) is 0 Å². The Morgan fingerprint density at radius 3 is 2.20 bits per heavy atom. The van der Waals surface area contributed by atoms with Gasteiger partial charge in [-0.05, 0) is 45.8 Å². The van der Waals surface area contributed by atoms with E-state index < -0.39 is 0 Å². The summed E-state index contributed by atoms with van der Waals surface area (Å²) in [5, 5.41) is 3.85. The Hall–Kier alpha value is -0.0800. The van der Waals surface area contributed by atoms with Gasteiger partial charge < -0.3 is 10.2 Å². The fraction of sp³-hybridized carbons (Fsp3) is 1.00. The highest BCUT2D eigenvalue weighted by molar-refractivity contribution is 5.02. The second-order valence-corrected chi connectivity index (χ2v) is 6.97. The van der Waals surface area contributed by atoms with Crippen molar-refractivity contribution in [2.45, 2.75) is 90.1 Å². The molecule has 120 valence electrons. The first-order valence-corrected chi connectivity index (χ1v) is 9.01. The Kier molecular flexibility index (Phi) is 8.13. The SMILES string of the molecule is CCCCC(CC)CC(NCC)C1(N(C)C)CCCC1. The third kappa shape index (κ3) is 4.46. The smallest absolute Gasteiger partial charge is 0.0356 e. The van der Waals surface area contributed by atoms with Crippen LogP contribution < -0.4 is 5.32 Å². The number of rotatable bonds is 10. The fourth-order valence-corrected chi connectivity index (χ4v) is 4.15. The topological polar surface area (TPSA) is 15.3 Å². The molecule has 1 aliphatic rings. The third-order valence-corrected chi connectivity index (χ3v) is 5.57. The molecule has 0 spiro atoms. The van der Waals surface area contributed by atoms with Crippen molar-refractivity contribution in [3.05, 3.63) is 0 Å². The van der Waals surface area contributed by atoms with E-state index in [1.807, 2.05) is 0 Å². The predicted molar refractivity (Wildman–Crippen MR) is 90.3 cm³/mol. The average Bonchev–Trinajstić information content (AvgIpc) is 2.93. The van der Waals surface area contributed by atoms with Gasteiger partial charge in [-0.2, -0.15) is 0 Å². The molecule has 1 saturated carbocycles. The Morgan fingerprint density at radius 2 is 1.75 bits per heavy atom. The van der Waals surface area contributed by atoms with E-state index in [0.717, 1.165) is 12.5 Å². The molecule has 1 aliphatic carbocycles. The maximum Gasteiger partial charge on any atom is 0.0356 e. The van der Waals surface area contributed by atoms with Gasteiger partial charge in [-0.1, -0.05) is 59.3 Å². The van der Waals surface area contributed by atoms with E-state index in [1.54, 1.807) is 0 Å². The van der Waals surface area contributed by atoms with Gasteiger partial charge in [0.05, 0.1) is 0 Å². The molecule has 0 radical (unpaired) electrons. The molecule has 0 aliphatic heterocycles. The molecule has 0 saturated heterocycles. The van der Waals surface area contributed by atoms with Crippen LogP contribution in [0.15, 0.2) is 0 Å². The lowest BCUT2D eigenvalue weighted by molar-refractivity contribution is 0.0897. The first kappa shape index (κ1) is 18.0. The number of nitrogens with one attached hydrogen (secondary N) is 1. The van der Waals surface area contributed by atoms with Crippen LogP contribution in [0.25, 0.3) is 0 Å². The Bertz CT molecular complexity index is 244. The molecule has 0 aromatic rings. The molecular formula is C18H38N2. The van der Waals surface area contributed by atoms with Crippen LogP contribution in [0.1, 0.15) is 78.6 Å². The van der Waals surface area contributed by atoms with Crippen LogP contribution >= 0.6 is 0 Å². The first-order valence-electron chi connectivity index (χ1n) is 9.01. The minimum Gasteiger partial charge on any atom is -0.312 e. The highest BCUT2D eigenvalue weighted by atomic mass is 15.2. The van der Waals surface area contributed by atoms with E-state index in [2.05, 4.69) is 45.1 Å². The summed E-state index contributed by atoms with van der Waals surface area (Å²) < 4.78 is 0. The number of nitrogens with zero attached hydrogens (tertiary/aromatic N) is 1. The van der Waals surface area contributed by atoms with Crippen molar-refractivity contribution in [1.29, 1.82) is 0 Å². The molecule has 0 aromatic heterocycles. The summed E-state index contributed by atoms with van der Waals surface area (Å²) in [6.45, 7) is 8.05. The Morgan fingerprint density at radius 1 is 1.10 bits per heavy atom. The molecule has 0 heterocycles. The summed E-state index contributed by atoms with van der Waals surface area (Å²) in [7, 11) is 4.59. The zero-order valence-corrected chi connectivity index (χ0v) is 14.7. The second-order valence-electron chi connectivity index (χ2n) is 6.97. The van der Waals surface area contributed by atoms with Gasteiger partial charge in [0.2, 0.25) is 0 Å². The van der Waals surface area contributed by atoms with Gasteiger partial charge in [-0.15, -0.1) is 0 Å². The quantitative estimate of drug-likeness (QED) is 0.637. The fourth-order valence-electron chi connectivity index (χ4n) is 4.15. The van der Waals surface area contributed by atoms with Gasteiger partial charge in [0.25, 0.3) is 0 Å². The van der Waals surface area contributed by atoms with E-state index in [-0.39, 0.29) is 0 Å². The van der Waals surface area contributed by atoms with Crippen molar-refractivity contribution in [2.75, 3.05) is 20.6 Å². The number of likely N-dealkylation sites (N-methyl/N-ethyl adjacent to an activating group) is 2. The van der Waals surface area contributed by atoms with Gasteiger partial charge in [-0.25, -0.2) is 0 Å². The summed E-state index contributed by atoms with van der Waals surface area (Å²) >= 11 is 0. The van der Waals surface area contributed by atoms with Crippen molar-refractivity contribution in [1.82, 2.24) is 10.2 Å². The minimum atomic E-state index is 0.412. The Labute approximate surface area is 127 Å². The summed E-state index contributed by atoms with van der Waals surface area (Å²) in [6.07, 6.45) is 12.4. The average molecular weight is 283 g/mol. The van der Waals surface area contributed by atoms with Crippen molar-refractivity contribution >= 4 is 0 Å². The van der Waals surface area contributed by atoms with Gasteiger partial charge in [0, 0.05) is 11.6 Å². The summed E-state index contributed by atoms with van der Waals surface area (Å²) in [6, 6.07) is 0.673. The molecule has 1 fully saturated rings. The number of unbranched alkanes of at least 4 members (excludes halogenated alkanes) is 1. The van der Waals surface area contributed by atoms with Crippen LogP contribution in [0.3, 0.4) is 0 Å².